The number of aliphatic hydroxyl groups excluding tert-OH is 1. The second-order valence-corrected chi connectivity index (χ2v) is 4.31. The number of benzene rings is 1. The fourth-order valence-electron chi connectivity index (χ4n) is 2.00. The maximum absolute atomic E-state index is 11.9. The second-order valence-electron chi connectivity index (χ2n) is 4.31. The van der Waals surface area contributed by atoms with Gasteiger partial charge in [0, 0.05) is 6.42 Å². The lowest BCUT2D eigenvalue weighted by Gasteiger charge is -2.19. The first-order valence-corrected chi connectivity index (χ1v) is 5.96. The molecule has 0 aliphatic carbocycles. The van der Waals surface area contributed by atoms with Crippen molar-refractivity contribution in [3.63, 3.8) is 0 Å². The van der Waals surface area contributed by atoms with Crippen LogP contribution in [0.25, 0.3) is 0 Å². The first-order valence-electron chi connectivity index (χ1n) is 5.96. The van der Waals surface area contributed by atoms with E-state index >= 15 is 0 Å². The minimum Gasteiger partial charge on any atom is -0.394 e. The summed E-state index contributed by atoms with van der Waals surface area (Å²) in [5, 5.41) is 14.7. The van der Waals surface area contributed by atoms with Gasteiger partial charge >= 0.3 is 0 Å². The highest BCUT2D eigenvalue weighted by Crippen LogP contribution is 2.13. The van der Waals surface area contributed by atoms with Crippen molar-refractivity contribution >= 4 is 11.8 Å². The van der Waals surface area contributed by atoms with Gasteiger partial charge in [-0.05, 0) is 12.0 Å². The number of amides is 2. The van der Waals surface area contributed by atoms with E-state index in [0.717, 1.165) is 5.56 Å². The van der Waals surface area contributed by atoms with E-state index in [2.05, 4.69) is 10.6 Å². The molecule has 1 fully saturated rings. The smallest absolute Gasteiger partial charge is 0.243 e. The second kappa shape index (κ2) is 5.64. The SMILES string of the molecule is O=C1CC[C@H](C(=O)N[C@@H](CO)c2ccccc2)N1. The molecule has 0 unspecified atom stereocenters. The Morgan fingerprint density at radius 3 is 2.72 bits per heavy atom. The molecule has 2 amide bonds. The predicted molar refractivity (Wildman–Crippen MR) is 65.6 cm³/mol. The molecule has 96 valence electrons. The van der Waals surface area contributed by atoms with Crippen molar-refractivity contribution < 1.29 is 14.7 Å². The summed E-state index contributed by atoms with van der Waals surface area (Å²) in [6.07, 6.45) is 0.894. The zero-order chi connectivity index (χ0) is 13.0. The van der Waals surface area contributed by atoms with Crippen molar-refractivity contribution in [1.82, 2.24) is 10.6 Å². The van der Waals surface area contributed by atoms with Crippen LogP contribution in [0.5, 0.6) is 0 Å². The van der Waals surface area contributed by atoms with Gasteiger partial charge < -0.3 is 15.7 Å². The Kier molecular flexibility index (Phi) is 3.94. The molecular weight excluding hydrogens is 232 g/mol. The molecule has 0 spiro atoms. The molecule has 1 saturated heterocycles. The zero-order valence-corrected chi connectivity index (χ0v) is 9.93. The van der Waals surface area contributed by atoms with Crippen molar-refractivity contribution in [3.8, 4) is 0 Å². The van der Waals surface area contributed by atoms with Crippen LogP contribution in [-0.4, -0.2) is 29.6 Å². The van der Waals surface area contributed by atoms with Crippen LogP contribution >= 0.6 is 0 Å². The Morgan fingerprint density at radius 2 is 2.17 bits per heavy atom. The summed E-state index contributed by atoms with van der Waals surface area (Å²) in [5.74, 6) is -0.348. The van der Waals surface area contributed by atoms with Crippen molar-refractivity contribution in [2.75, 3.05) is 6.61 Å². The fraction of sp³-hybridized carbons (Fsp3) is 0.385. The van der Waals surface area contributed by atoms with Crippen molar-refractivity contribution in [2.45, 2.75) is 24.9 Å². The molecule has 0 saturated carbocycles. The molecular formula is C13H16N2O3. The highest BCUT2D eigenvalue weighted by atomic mass is 16.3. The summed E-state index contributed by atoms with van der Waals surface area (Å²) in [6.45, 7) is -0.170. The van der Waals surface area contributed by atoms with Gasteiger partial charge in [-0.1, -0.05) is 30.3 Å². The molecule has 3 N–H and O–H groups in total. The summed E-state index contributed by atoms with van der Waals surface area (Å²) in [4.78, 5) is 22.9. The number of hydrogen-bond acceptors (Lipinski definition) is 3. The molecule has 0 aromatic heterocycles. The molecule has 5 nitrogen and oxygen atoms in total. The third kappa shape index (κ3) is 2.87. The maximum atomic E-state index is 11.9. The summed E-state index contributed by atoms with van der Waals surface area (Å²) in [7, 11) is 0. The van der Waals surface area contributed by atoms with Crippen molar-refractivity contribution in [2.24, 2.45) is 0 Å². The van der Waals surface area contributed by atoms with Gasteiger partial charge in [0.25, 0.3) is 0 Å². The molecule has 5 heteroatoms. The number of hydrogen-bond donors (Lipinski definition) is 3. The molecule has 2 rings (SSSR count). The van der Waals surface area contributed by atoms with E-state index in [9.17, 15) is 14.7 Å². The average Bonchev–Trinajstić information content (AvgIpc) is 2.83. The highest BCUT2D eigenvalue weighted by molar-refractivity contribution is 5.90. The van der Waals surface area contributed by atoms with Crippen molar-refractivity contribution in [1.29, 1.82) is 0 Å². The first-order chi connectivity index (χ1) is 8.70. The third-order valence-corrected chi connectivity index (χ3v) is 3.01. The van der Waals surface area contributed by atoms with E-state index in [0.29, 0.717) is 12.8 Å². The Bertz CT molecular complexity index is 433. The van der Waals surface area contributed by atoms with Gasteiger partial charge in [-0.15, -0.1) is 0 Å². The van der Waals surface area contributed by atoms with Gasteiger partial charge in [-0.25, -0.2) is 0 Å². The van der Waals surface area contributed by atoms with Crippen LogP contribution in [0.2, 0.25) is 0 Å². The standard InChI is InChI=1S/C13H16N2O3/c16-8-11(9-4-2-1-3-5-9)15-13(18)10-6-7-12(17)14-10/h1-5,10-11,16H,6-8H2,(H,14,17)(H,15,18)/t10-,11+/m1/s1. The van der Waals surface area contributed by atoms with E-state index in [1.165, 1.54) is 0 Å². The van der Waals surface area contributed by atoms with Gasteiger partial charge in [0.05, 0.1) is 12.6 Å². The highest BCUT2D eigenvalue weighted by Gasteiger charge is 2.28. The Labute approximate surface area is 105 Å². The number of nitrogens with one attached hydrogen (secondary N) is 2. The average molecular weight is 248 g/mol. The fourth-order valence-corrected chi connectivity index (χ4v) is 2.00. The van der Waals surface area contributed by atoms with E-state index in [-0.39, 0.29) is 18.4 Å². The molecule has 1 aliphatic rings. The predicted octanol–water partition coefficient (Wildman–Crippen LogP) is 0.115. The molecule has 1 aromatic rings. The topological polar surface area (TPSA) is 78.4 Å². The van der Waals surface area contributed by atoms with Crippen LogP contribution < -0.4 is 10.6 Å². The summed E-state index contributed by atoms with van der Waals surface area (Å²) in [6, 6.07) is 8.34. The lowest BCUT2D eigenvalue weighted by Crippen LogP contribution is -2.43. The quantitative estimate of drug-likeness (QED) is 0.708. The van der Waals surface area contributed by atoms with E-state index < -0.39 is 12.1 Å². The summed E-state index contributed by atoms with van der Waals surface area (Å²) < 4.78 is 0. The number of carbonyl (C=O) groups excluding carboxylic acids is 2. The molecule has 1 heterocycles. The molecule has 18 heavy (non-hydrogen) atoms. The van der Waals surface area contributed by atoms with Gasteiger partial charge in [0.2, 0.25) is 11.8 Å². The molecule has 0 radical (unpaired) electrons. The lowest BCUT2D eigenvalue weighted by molar-refractivity contribution is -0.126. The van der Waals surface area contributed by atoms with Gasteiger partial charge in [0.15, 0.2) is 0 Å². The third-order valence-electron chi connectivity index (χ3n) is 3.01. The largest absolute Gasteiger partial charge is 0.394 e. The normalized spacial score (nSPS) is 20.3. The van der Waals surface area contributed by atoms with E-state index in [1.807, 2.05) is 30.3 Å². The van der Waals surface area contributed by atoms with Crippen LogP contribution in [0.4, 0.5) is 0 Å². The van der Waals surface area contributed by atoms with Crippen LogP contribution in [0.1, 0.15) is 24.4 Å². The number of aliphatic hydroxyl groups is 1. The van der Waals surface area contributed by atoms with Crippen LogP contribution in [-0.2, 0) is 9.59 Å². The van der Waals surface area contributed by atoms with E-state index in [4.69, 9.17) is 0 Å². The zero-order valence-electron chi connectivity index (χ0n) is 9.93. The lowest BCUT2D eigenvalue weighted by atomic mass is 10.1. The summed E-state index contributed by atoms with van der Waals surface area (Å²) in [5.41, 5.74) is 0.845. The minimum absolute atomic E-state index is 0.101. The van der Waals surface area contributed by atoms with Crippen LogP contribution in [0, 0.1) is 0 Å². The monoisotopic (exact) mass is 248 g/mol. The Hall–Kier alpha value is -1.88. The Balaban J connectivity index is 1.98. The van der Waals surface area contributed by atoms with Gasteiger partial charge in [0.1, 0.15) is 6.04 Å². The number of rotatable bonds is 4. The molecule has 2 atom stereocenters. The van der Waals surface area contributed by atoms with Crippen molar-refractivity contribution in [3.05, 3.63) is 35.9 Å². The maximum Gasteiger partial charge on any atom is 0.243 e. The summed E-state index contributed by atoms with van der Waals surface area (Å²) >= 11 is 0. The Morgan fingerprint density at radius 1 is 1.44 bits per heavy atom. The minimum atomic E-state index is -0.477. The first kappa shape index (κ1) is 12.6. The van der Waals surface area contributed by atoms with Crippen LogP contribution in [0.3, 0.4) is 0 Å². The van der Waals surface area contributed by atoms with Crippen LogP contribution in [0.15, 0.2) is 30.3 Å². The number of carbonyl (C=O) groups is 2. The van der Waals surface area contributed by atoms with Gasteiger partial charge in [-0.2, -0.15) is 0 Å². The van der Waals surface area contributed by atoms with E-state index in [1.54, 1.807) is 0 Å². The molecule has 1 aromatic carbocycles. The molecule has 0 bridgehead atoms. The van der Waals surface area contributed by atoms with Gasteiger partial charge in [-0.3, -0.25) is 9.59 Å². The molecule has 1 aliphatic heterocycles.